The first-order valence-electron chi connectivity index (χ1n) is 4.77. The lowest BCUT2D eigenvalue weighted by Gasteiger charge is -2.12. The topological polar surface area (TPSA) is 51.8 Å². The first kappa shape index (κ1) is 10.3. The second kappa shape index (κ2) is 4.08. The number of thiophene rings is 1. The average molecular weight is 219 g/mol. The van der Waals surface area contributed by atoms with Gasteiger partial charge in [-0.25, -0.2) is 0 Å². The van der Waals surface area contributed by atoms with Crippen LogP contribution in [0, 0.1) is 13.8 Å². The highest BCUT2D eigenvalue weighted by Crippen LogP contribution is 2.23. The minimum Gasteiger partial charge on any atom is -0.320 e. The smallest absolute Gasteiger partial charge is 0.0651 e. The Hall–Kier alpha value is -1.26. The van der Waals surface area contributed by atoms with E-state index in [0.717, 1.165) is 22.5 Å². The summed E-state index contributed by atoms with van der Waals surface area (Å²) in [6.45, 7) is 3.87. The molecule has 78 valence electrons. The van der Waals surface area contributed by atoms with E-state index < -0.39 is 0 Å². The van der Waals surface area contributed by atoms with Gasteiger partial charge in [0.15, 0.2) is 0 Å². The van der Waals surface area contributed by atoms with Gasteiger partial charge < -0.3 is 5.73 Å². The molecule has 0 saturated carbocycles. The molecule has 2 heterocycles. The predicted octanol–water partition coefficient (Wildman–Crippen LogP) is 2.20. The molecule has 0 fully saturated rings. The maximum absolute atomic E-state index is 6.17. The fourth-order valence-electron chi connectivity index (χ4n) is 1.52. The van der Waals surface area contributed by atoms with Crippen molar-refractivity contribution in [3.63, 3.8) is 0 Å². The molecule has 0 radical (unpaired) electrons. The molecule has 1 atom stereocenters. The number of aromatic nitrogens is 2. The van der Waals surface area contributed by atoms with E-state index in [1.807, 2.05) is 31.4 Å². The van der Waals surface area contributed by atoms with E-state index in [2.05, 4.69) is 15.6 Å². The summed E-state index contributed by atoms with van der Waals surface area (Å²) in [4.78, 5) is 0. The van der Waals surface area contributed by atoms with Gasteiger partial charge in [0.2, 0.25) is 0 Å². The highest BCUT2D eigenvalue weighted by atomic mass is 32.1. The minimum atomic E-state index is -0.0922. The van der Waals surface area contributed by atoms with Crippen LogP contribution < -0.4 is 5.73 Å². The number of rotatable bonds is 2. The van der Waals surface area contributed by atoms with Crippen molar-refractivity contribution in [2.24, 2.45) is 5.73 Å². The summed E-state index contributed by atoms with van der Waals surface area (Å²) in [7, 11) is 0. The molecule has 0 spiro atoms. The van der Waals surface area contributed by atoms with Gasteiger partial charge in [0.25, 0.3) is 0 Å². The van der Waals surface area contributed by atoms with Crippen molar-refractivity contribution in [3.05, 3.63) is 45.4 Å². The third-order valence-electron chi connectivity index (χ3n) is 2.38. The standard InChI is InChI=1S/C11H13N3S/c1-7-5-10(8(2)14-13-7)11(12)9-3-4-15-6-9/h3-6,11H,12H2,1-2H3. The third kappa shape index (κ3) is 2.06. The molecule has 0 saturated heterocycles. The van der Waals surface area contributed by atoms with Crippen molar-refractivity contribution >= 4 is 11.3 Å². The molecule has 4 heteroatoms. The van der Waals surface area contributed by atoms with Crippen LogP contribution in [0.5, 0.6) is 0 Å². The molecular formula is C11H13N3S. The number of hydrogen-bond acceptors (Lipinski definition) is 4. The Morgan fingerprint density at radius 1 is 1.33 bits per heavy atom. The van der Waals surface area contributed by atoms with Crippen LogP contribution in [-0.4, -0.2) is 10.2 Å². The predicted molar refractivity (Wildman–Crippen MR) is 61.9 cm³/mol. The lowest BCUT2D eigenvalue weighted by atomic mass is 10.0. The maximum atomic E-state index is 6.17. The normalized spacial score (nSPS) is 12.7. The molecule has 0 aliphatic carbocycles. The third-order valence-corrected chi connectivity index (χ3v) is 3.08. The lowest BCUT2D eigenvalue weighted by molar-refractivity contribution is 0.816. The number of aryl methyl sites for hydroxylation is 2. The number of nitrogens with zero attached hydrogens (tertiary/aromatic N) is 2. The Morgan fingerprint density at radius 3 is 2.80 bits per heavy atom. The second-order valence-electron chi connectivity index (χ2n) is 3.56. The zero-order valence-electron chi connectivity index (χ0n) is 8.77. The van der Waals surface area contributed by atoms with E-state index in [-0.39, 0.29) is 6.04 Å². The fraction of sp³-hybridized carbons (Fsp3) is 0.273. The van der Waals surface area contributed by atoms with E-state index >= 15 is 0 Å². The quantitative estimate of drug-likeness (QED) is 0.842. The van der Waals surface area contributed by atoms with Crippen LogP contribution in [0.4, 0.5) is 0 Å². The largest absolute Gasteiger partial charge is 0.320 e. The Labute approximate surface area is 93.0 Å². The highest BCUT2D eigenvalue weighted by molar-refractivity contribution is 7.08. The van der Waals surface area contributed by atoms with Crippen LogP contribution in [0.2, 0.25) is 0 Å². The monoisotopic (exact) mass is 219 g/mol. The molecular weight excluding hydrogens is 206 g/mol. The molecule has 0 aliphatic rings. The molecule has 2 aromatic heterocycles. The van der Waals surface area contributed by atoms with Crippen molar-refractivity contribution in [1.29, 1.82) is 0 Å². The Bertz CT molecular complexity index is 451. The van der Waals surface area contributed by atoms with Crippen molar-refractivity contribution in [2.75, 3.05) is 0 Å². The molecule has 0 amide bonds. The Kier molecular flexibility index (Phi) is 2.79. The first-order chi connectivity index (χ1) is 7.18. The van der Waals surface area contributed by atoms with E-state index in [1.165, 1.54) is 0 Å². The summed E-state index contributed by atoms with van der Waals surface area (Å²) in [5.74, 6) is 0. The molecule has 3 nitrogen and oxygen atoms in total. The van der Waals surface area contributed by atoms with Crippen LogP contribution in [0.15, 0.2) is 22.9 Å². The van der Waals surface area contributed by atoms with Gasteiger partial charge in [-0.1, -0.05) is 0 Å². The van der Waals surface area contributed by atoms with Crippen LogP contribution >= 0.6 is 11.3 Å². The van der Waals surface area contributed by atoms with Gasteiger partial charge in [0.1, 0.15) is 0 Å². The van der Waals surface area contributed by atoms with Gasteiger partial charge in [-0.3, -0.25) is 0 Å². The van der Waals surface area contributed by atoms with Gasteiger partial charge in [-0.2, -0.15) is 21.5 Å². The van der Waals surface area contributed by atoms with Crippen LogP contribution in [0.1, 0.15) is 28.6 Å². The average Bonchev–Trinajstić information content (AvgIpc) is 2.74. The molecule has 15 heavy (non-hydrogen) atoms. The van der Waals surface area contributed by atoms with Crippen molar-refractivity contribution < 1.29 is 0 Å². The number of hydrogen-bond donors (Lipinski definition) is 1. The molecule has 2 N–H and O–H groups in total. The summed E-state index contributed by atoms with van der Waals surface area (Å²) in [5, 5.41) is 12.2. The summed E-state index contributed by atoms with van der Waals surface area (Å²) in [5.41, 5.74) is 10.2. The van der Waals surface area contributed by atoms with Gasteiger partial charge in [-0.05, 0) is 47.9 Å². The zero-order valence-corrected chi connectivity index (χ0v) is 9.58. The molecule has 1 unspecified atom stereocenters. The SMILES string of the molecule is Cc1cc(C(N)c2ccsc2)c(C)nn1. The van der Waals surface area contributed by atoms with Crippen LogP contribution in [-0.2, 0) is 0 Å². The number of nitrogens with two attached hydrogens (primary N) is 1. The summed E-state index contributed by atoms with van der Waals surface area (Å²) in [6.07, 6.45) is 0. The summed E-state index contributed by atoms with van der Waals surface area (Å²) < 4.78 is 0. The maximum Gasteiger partial charge on any atom is 0.0651 e. The van der Waals surface area contributed by atoms with Crippen molar-refractivity contribution in [3.8, 4) is 0 Å². The molecule has 2 aromatic rings. The van der Waals surface area contributed by atoms with Gasteiger partial charge in [0, 0.05) is 0 Å². The van der Waals surface area contributed by atoms with E-state index in [4.69, 9.17) is 5.73 Å². The van der Waals surface area contributed by atoms with Crippen LogP contribution in [0.25, 0.3) is 0 Å². The van der Waals surface area contributed by atoms with Gasteiger partial charge >= 0.3 is 0 Å². The zero-order chi connectivity index (χ0) is 10.8. The second-order valence-corrected chi connectivity index (χ2v) is 4.34. The van der Waals surface area contributed by atoms with E-state index in [1.54, 1.807) is 11.3 Å². The van der Waals surface area contributed by atoms with Crippen molar-refractivity contribution in [2.45, 2.75) is 19.9 Å². The first-order valence-corrected chi connectivity index (χ1v) is 5.71. The van der Waals surface area contributed by atoms with E-state index in [0.29, 0.717) is 0 Å². The summed E-state index contributed by atoms with van der Waals surface area (Å²) in [6, 6.07) is 3.96. The molecule has 0 aromatic carbocycles. The summed E-state index contributed by atoms with van der Waals surface area (Å²) >= 11 is 1.66. The molecule has 0 aliphatic heterocycles. The minimum absolute atomic E-state index is 0.0922. The highest BCUT2D eigenvalue weighted by Gasteiger charge is 2.13. The lowest BCUT2D eigenvalue weighted by Crippen LogP contribution is -2.14. The Morgan fingerprint density at radius 2 is 2.13 bits per heavy atom. The van der Waals surface area contributed by atoms with E-state index in [9.17, 15) is 0 Å². The van der Waals surface area contributed by atoms with Gasteiger partial charge in [0.05, 0.1) is 17.4 Å². The molecule has 0 bridgehead atoms. The van der Waals surface area contributed by atoms with Crippen LogP contribution in [0.3, 0.4) is 0 Å². The fourth-order valence-corrected chi connectivity index (χ4v) is 2.21. The Balaban J connectivity index is 2.41. The molecule has 2 rings (SSSR count). The van der Waals surface area contributed by atoms with Crippen molar-refractivity contribution in [1.82, 2.24) is 10.2 Å². The van der Waals surface area contributed by atoms with Gasteiger partial charge in [-0.15, -0.1) is 0 Å².